The average molecular weight is 365 g/mol. The van der Waals surface area contributed by atoms with E-state index in [1.807, 2.05) is 0 Å². The molecule has 0 unspecified atom stereocenters. The van der Waals surface area contributed by atoms with Crippen molar-refractivity contribution in [3.05, 3.63) is 0 Å². The highest BCUT2D eigenvalue weighted by Gasteiger charge is 2.07. The van der Waals surface area contributed by atoms with Crippen LogP contribution in [0.1, 0.15) is 52.4 Å². The van der Waals surface area contributed by atoms with Gasteiger partial charge in [-0.25, -0.2) is 0 Å². The van der Waals surface area contributed by atoms with Gasteiger partial charge in [0.2, 0.25) is 5.91 Å². The predicted octanol–water partition coefficient (Wildman–Crippen LogP) is 3.25. The maximum Gasteiger partial charge on any atom is 0.304 e. The van der Waals surface area contributed by atoms with Crippen LogP contribution in [-0.2, 0) is 9.59 Å². The van der Waals surface area contributed by atoms with Crippen LogP contribution in [0.5, 0.6) is 0 Å². The molecule has 0 aromatic rings. The van der Waals surface area contributed by atoms with E-state index in [-0.39, 0.29) is 12.3 Å². The number of carbonyl (C=O) groups excluding carboxylic acids is 1. The van der Waals surface area contributed by atoms with Crippen LogP contribution in [0.4, 0.5) is 0 Å². The highest BCUT2D eigenvalue weighted by Crippen LogP contribution is 2.20. The number of carboxylic acids is 1. The van der Waals surface area contributed by atoms with Gasteiger partial charge in [-0.05, 0) is 25.9 Å². The first-order chi connectivity index (χ1) is 11.1. The second-order valence-corrected chi connectivity index (χ2v) is 8.14. The maximum absolute atomic E-state index is 11.8. The third-order valence-corrected chi connectivity index (χ3v) is 5.67. The van der Waals surface area contributed by atoms with Crippen molar-refractivity contribution in [2.24, 2.45) is 0 Å². The molecule has 0 spiro atoms. The Labute approximate surface area is 148 Å². The number of carbonyl (C=O) groups is 2. The Hall–Kier alpha value is -0.400. The molecule has 0 aliphatic heterocycles. The summed E-state index contributed by atoms with van der Waals surface area (Å²) in [5.41, 5.74) is 0. The minimum absolute atomic E-state index is 0.109. The molecule has 23 heavy (non-hydrogen) atoms. The molecule has 0 radical (unpaired) electrons. The van der Waals surface area contributed by atoms with Crippen molar-refractivity contribution in [3.63, 3.8) is 0 Å². The van der Waals surface area contributed by atoms with E-state index in [0.717, 1.165) is 31.8 Å². The first kappa shape index (κ1) is 22.6. The second-order valence-electron chi connectivity index (χ2n) is 5.44. The molecule has 0 bridgehead atoms. The first-order valence-corrected chi connectivity index (χ1v) is 11.0. The third kappa shape index (κ3) is 16.2. The summed E-state index contributed by atoms with van der Waals surface area (Å²) in [7, 11) is 3.16. The molecule has 0 rings (SSSR count). The molecule has 0 aromatic heterocycles. The molecular formula is C16H32N2O3S2. The summed E-state index contributed by atoms with van der Waals surface area (Å²) in [5, 5.41) is 11.4. The Morgan fingerprint density at radius 3 is 2.35 bits per heavy atom. The first-order valence-electron chi connectivity index (χ1n) is 8.55. The van der Waals surface area contributed by atoms with Crippen molar-refractivity contribution in [2.45, 2.75) is 52.4 Å². The highest BCUT2D eigenvalue weighted by atomic mass is 33.1. The molecule has 0 heterocycles. The molecule has 0 fully saturated rings. The van der Waals surface area contributed by atoms with Gasteiger partial charge >= 0.3 is 5.97 Å². The van der Waals surface area contributed by atoms with Crippen LogP contribution in [0, 0.1) is 0 Å². The Balaban J connectivity index is 3.60. The van der Waals surface area contributed by atoms with E-state index >= 15 is 0 Å². The van der Waals surface area contributed by atoms with E-state index in [2.05, 4.69) is 24.1 Å². The number of aliphatic carboxylic acids is 1. The van der Waals surface area contributed by atoms with Crippen molar-refractivity contribution < 1.29 is 14.7 Å². The van der Waals surface area contributed by atoms with Crippen LogP contribution in [0.3, 0.4) is 0 Å². The SMILES string of the molecule is CCCCCN(CCC)CCC(=O)NCCSSCCC(=O)O. The second kappa shape index (κ2) is 16.5. The van der Waals surface area contributed by atoms with E-state index in [4.69, 9.17) is 5.11 Å². The standard InChI is InChI=1S/C16H32N2O3S2/c1-3-5-6-11-18(10-4-2)12-7-15(19)17-9-14-23-22-13-8-16(20)21/h3-14H2,1-2H3,(H,17,19)(H,20,21). The van der Waals surface area contributed by atoms with Crippen LogP contribution in [0.15, 0.2) is 0 Å². The lowest BCUT2D eigenvalue weighted by atomic mass is 10.2. The lowest BCUT2D eigenvalue weighted by Gasteiger charge is -2.21. The van der Waals surface area contributed by atoms with Crippen molar-refractivity contribution in [2.75, 3.05) is 37.7 Å². The van der Waals surface area contributed by atoms with Gasteiger partial charge in [-0.2, -0.15) is 0 Å². The third-order valence-electron chi connectivity index (χ3n) is 3.26. The van der Waals surface area contributed by atoms with Gasteiger partial charge in [0.15, 0.2) is 0 Å². The lowest BCUT2D eigenvalue weighted by Crippen LogP contribution is -2.32. The summed E-state index contributed by atoms with van der Waals surface area (Å²) in [6.45, 7) is 8.01. The number of nitrogens with zero attached hydrogens (tertiary/aromatic N) is 1. The van der Waals surface area contributed by atoms with Crippen molar-refractivity contribution in [1.82, 2.24) is 10.2 Å². The molecule has 0 aliphatic rings. The topological polar surface area (TPSA) is 69.6 Å². The summed E-state index contributed by atoms with van der Waals surface area (Å²) in [6, 6.07) is 0. The van der Waals surface area contributed by atoms with E-state index in [0.29, 0.717) is 18.7 Å². The van der Waals surface area contributed by atoms with E-state index in [9.17, 15) is 9.59 Å². The van der Waals surface area contributed by atoms with Gasteiger partial charge in [-0.1, -0.05) is 48.3 Å². The van der Waals surface area contributed by atoms with E-state index in [1.165, 1.54) is 19.3 Å². The zero-order chi connectivity index (χ0) is 17.3. The molecule has 0 aliphatic carbocycles. The van der Waals surface area contributed by atoms with E-state index in [1.54, 1.807) is 21.6 Å². The summed E-state index contributed by atoms with van der Waals surface area (Å²) in [5.74, 6) is 0.766. The number of rotatable bonds is 16. The number of hydrogen-bond acceptors (Lipinski definition) is 5. The normalized spacial score (nSPS) is 10.9. The largest absolute Gasteiger partial charge is 0.481 e. The van der Waals surface area contributed by atoms with Gasteiger partial charge in [0, 0.05) is 31.0 Å². The Bertz CT molecular complexity index is 318. The van der Waals surface area contributed by atoms with Gasteiger partial charge in [-0.15, -0.1) is 0 Å². The lowest BCUT2D eigenvalue weighted by molar-refractivity contribution is -0.136. The molecule has 0 atom stereocenters. The molecule has 136 valence electrons. The van der Waals surface area contributed by atoms with Crippen molar-refractivity contribution in [3.8, 4) is 0 Å². The van der Waals surface area contributed by atoms with Gasteiger partial charge in [-0.3, -0.25) is 9.59 Å². The van der Waals surface area contributed by atoms with Crippen molar-refractivity contribution >= 4 is 33.5 Å². The predicted molar refractivity (Wildman–Crippen MR) is 101 cm³/mol. The quantitative estimate of drug-likeness (QED) is 0.324. The summed E-state index contributed by atoms with van der Waals surface area (Å²) in [4.78, 5) is 24.6. The highest BCUT2D eigenvalue weighted by molar-refractivity contribution is 8.76. The molecule has 0 saturated carbocycles. The number of nitrogens with one attached hydrogen (secondary N) is 1. The Morgan fingerprint density at radius 1 is 0.957 bits per heavy atom. The number of carboxylic acid groups (broad SMARTS) is 1. The molecule has 7 heteroatoms. The van der Waals surface area contributed by atoms with Crippen LogP contribution in [-0.4, -0.2) is 59.6 Å². The molecule has 2 N–H and O–H groups in total. The Morgan fingerprint density at radius 2 is 1.70 bits per heavy atom. The number of amides is 1. The van der Waals surface area contributed by atoms with Crippen LogP contribution in [0.2, 0.25) is 0 Å². The van der Waals surface area contributed by atoms with Gasteiger partial charge in [0.1, 0.15) is 0 Å². The smallest absolute Gasteiger partial charge is 0.304 e. The maximum atomic E-state index is 11.8. The fourth-order valence-corrected chi connectivity index (χ4v) is 3.95. The van der Waals surface area contributed by atoms with Crippen molar-refractivity contribution in [1.29, 1.82) is 0 Å². The zero-order valence-corrected chi connectivity index (χ0v) is 16.1. The van der Waals surface area contributed by atoms with Gasteiger partial charge < -0.3 is 15.3 Å². The van der Waals surface area contributed by atoms with Gasteiger partial charge in [0.25, 0.3) is 0 Å². The minimum atomic E-state index is -0.762. The van der Waals surface area contributed by atoms with Crippen LogP contribution < -0.4 is 5.32 Å². The van der Waals surface area contributed by atoms with Crippen LogP contribution >= 0.6 is 21.6 Å². The fourth-order valence-electron chi connectivity index (χ4n) is 2.06. The van der Waals surface area contributed by atoms with Crippen LogP contribution in [0.25, 0.3) is 0 Å². The van der Waals surface area contributed by atoms with Gasteiger partial charge in [0.05, 0.1) is 6.42 Å². The van der Waals surface area contributed by atoms with E-state index < -0.39 is 5.97 Å². The zero-order valence-electron chi connectivity index (χ0n) is 14.5. The molecule has 1 amide bonds. The average Bonchev–Trinajstić information content (AvgIpc) is 2.51. The monoisotopic (exact) mass is 364 g/mol. The molecule has 5 nitrogen and oxygen atoms in total. The minimum Gasteiger partial charge on any atom is -0.481 e. The fraction of sp³-hybridized carbons (Fsp3) is 0.875. The summed E-state index contributed by atoms with van der Waals surface area (Å²) in [6.07, 6.45) is 5.56. The Kier molecular flexibility index (Phi) is 16.2. The molecular weight excluding hydrogens is 332 g/mol. The number of hydrogen-bond donors (Lipinski definition) is 2. The molecule has 0 aromatic carbocycles. The summed E-state index contributed by atoms with van der Waals surface area (Å²) < 4.78 is 0. The number of unbranched alkanes of at least 4 members (excludes halogenated alkanes) is 2. The summed E-state index contributed by atoms with van der Waals surface area (Å²) >= 11 is 0. The molecule has 0 saturated heterocycles.